The minimum atomic E-state index is -1.68. The number of anilines is 1. The minimum Gasteiger partial charge on any atom is -0.361 e. The summed E-state index contributed by atoms with van der Waals surface area (Å²) in [6, 6.07) is 7.51. The fourth-order valence-electron chi connectivity index (χ4n) is 3.68. The van der Waals surface area contributed by atoms with Gasteiger partial charge in [-0.1, -0.05) is 30.3 Å². The SMILES string of the molecule is CSCC(NC(=O)[C@](C=O)(CSC)Nc1cnccn1)C(=O)NC(Cc1ccccc1)C(=O)C1(C)CO1. The Kier molecular flexibility index (Phi) is 10.1. The van der Waals surface area contributed by atoms with Gasteiger partial charge in [0, 0.05) is 23.9 Å². The third-order valence-corrected chi connectivity index (χ3v) is 7.27. The third kappa shape index (κ3) is 7.53. The zero-order valence-corrected chi connectivity index (χ0v) is 22.6. The number of nitrogens with one attached hydrogen (secondary N) is 3. The number of ether oxygens (including phenoxy) is 1. The lowest BCUT2D eigenvalue weighted by molar-refractivity contribution is -0.134. The van der Waals surface area contributed by atoms with E-state index in [1.54, 1.807) is 19.4 Å². The number of hydrogen-bond acceptors (Lipinski definition) is 10. The van der Waals surface area contributed by atoms with Crippen molar-refractivity contribution in [2.24, 2.45) is 0 Å². The second-order valence-electron chi connectivity index (χ2n) is 8.85. The normalized spacial score (nSPS) is 19.5. The van der Waals surface area contributed by atoms with Crippen LogP contribution in [0, 0.1) is 0 Å². The summed E-state index contributed by atoms with van der Waals surface area (Å²) in [5.74, 6) is -0.859. The van der Waals surface area contributed by atoms with E-state index < -0.39 is 35.0 Å². The number of carbonyl (C=O) groups excluding carboxylic acids is 4. The van der Waals surface area contributed by atoms with Crippen LogP contribution >= 0.6 is 23.5 Å². The molecule has 0 saturated carbocycles. The first-order valence-electron chi connectivity index (χ1n) is 11.6. The smallest absolute Gasteiger partial charge is 0.254 e. The predicted octanol–water partition coefficient (Wildman–Crippen LogP) is 1.12. The van der Waals surface area contributed by atoms with Crippen LogP contribution in [0.2, 0.25) is 0 Å². The van der Waals surface area contributed by atoms with E-state index >= 15 is 0 Å². The molecule has 2 amide bonds. The molecule has 0 aliphatic carbocycles. The minimum absolute atomic E-state index is 0.0946. The quantitative estimate of drug-likeness (QED) is 0.169. The summed E-state index contributed by atoms with van der Waals surface area (Å²) in [6.07, 6.45) is 8.66. The number of epoxide rings is 1. The highest BCUT2D eigenvalue weighted by molar-refractivity contribution is 7.98. The van der Waals surface area contributed by atoms with Crippen LogP contribution in [0.1, 0.15) is 12.5 Å². The Balaban J connectivity index is 1.79. The van der Waals surface area contributed by atoms with Crippen LogP contribution in [-0.4, -0.2) is 87.7 Å². The van der Waals surface area contributed by atoms with E-state index in [9.17, 15) is 19.2 Å². The summed E-state index contributed by atoms with van der Waals surface area (Å²) in [5.41, 5.74) is -1.73. The maximum Gasteiger partial charge on any atom is 0.254 e. The molecule has 37 heavy (non-hydrogen) atoms. The van der Waals surface area contributed by atoms with E-state index in [1.165, 1.54) is 42.1 Å². The average molecular weight is 546 g/mol. The zero-order chi connectivity index (χ0) is 26.9. The fraction of sp³-hybridized carbons (Fsp3) is 0.440. The molecule has 1 fully saturated rings. The Labute approximate surface area is 224 Å². The van der Waals surface area contributed by atoms with Crippen molar-refractivity contribution in [3.05, 3.63) is 54.5 Å². The topological polar surface area (TPSA) is 143 Å². The van der Waals surface area contributed by atoms with E-state index in [0.29, 0.717) is 12.9 Å². The van der Waals surface area contributed by atoms with Crippen molar-refractivity contribution in [3.63, 3.8) is 0 Å². The van der Waals surface area contributed by atoms with Gasteiger partial charge in [-0.25, -0.2) is 4.98 Å². The Hall–Kier alpha value is -2.96. The number of nitrogens with zero attached hydrogens (tertiary/aromatic N) is 2. The van der Waals surface area contributed by atoms with Crippen LogP contribution in [0.5, 0.6) is 0 Å². The number of hydrogen-bond donors (Lipinski definition) is 3. The number of carbonyl (C=O) groups is 4. The summed E-state index contributed by atoms with van der Waals surface area (Å²) < 4.78 is 5.34. The number of aromatic nitrogens is 2. The van der Waals surface area contributed by atoms with Gasteiger partial charge in [0.15, 0.2) is 17.6 Å². The lowest BCUT2D eigenvalue weighted by Crippen LogP contribution is -2.62. The summed E-state index contributed by atoms with van der Waals surface area (Å²) >= 11 is 2.64. The third-order valence-electron chi connectivity index (χ3n) is 5.86. The predicted molar refractivity (Wildman–Crippen MR) is 145 cm³/mol. The van der Waals surface area contributed by atoms with Crippen LogP contribution in [0.25, 0.3) is 0 Å². The molecule has 1 aliphatic rings. The first-order chi connectivity index (χ1) is 17.8. The van der Waals surface area contributed by atoms with Gasteiger partial charge in [-0.2, -0.15) is 23.5 Å². The lowest BCUT2D eigenvalue weighted by Gasteiger charge is -2.30. The molecule has 0 spiro atoms. The number of rotatable bonds is 15. The molecule has 0 radical (unpaired) electrons. The summed E-state index contributed by atoms with van der Waals surface area (Å²) in [6.45, 7) is 1.99. The molecular weight excluding hydrogens is 514 g/mol. The van der Waals surface area contributed by atoms with Gasteiger partial charge >= 0.3 is 0 Å². The highest BCUT2D eigenvalue weighted by Gasteiger charge is 2.50. The molecule has 3 N–H and O–H groups in total. The van der Waals surface area contributed by atoms with Crippen molar-refractivity contribution < 1.29 is 23.9 Å². The van der Waals surface area contributed by atoms with Crippen LogP contribution in [-0.2, 0) is 30.3 Å². The maximum atomic E-state index is 13.4. The molecule has 10 nitrogen and oxygen atoms in total. The molecule has 12 heteroatoms. The summed E-state index contributed by atoms with van der Waals surface area (Å²) in [4.78, 5) is 60.2. The molecule has 2 aromatic rings. The van der Waals surface area contributed by atoms with Gasteiger partial charge in [-0.15, -0.1) is 0 Å². The Bertz CT molecular complexity index is 1090. The number of ketones is 1. The fourth-order valence-corrected chi connectivity index (χ4v) is 4.98. The maximum absolute atomic E-state index is 13.4. The van der Waals surface area contributed by atoms with E-state index in [4.69, 9.17) is 4.74 Å². The first kappa shape index (κ1) is 28.6. The monoisotopic (exact) mass is 545 g/mol. The van der Waals surface area contributed by atoms with E-state index in [2.05, 4.69) is 25.9 Å². The van der Waals surface area contributed by atoms with Gasteiger partial charge in [-0.05, 0) is 31.4 Å². The summed E-state index contributed by atoms with van der Waals surface area (Å²) in [7, 11) is 0. The molecule has 0 bridgehead atoms. The highest BCUT2D eigenvalue weighted by Crippen LogP contribution is 2.29. The zero-order valence-electron chi connectivity index (χ0n) is 20.9. The highest BCUT2D eigenvalue weighted by atomic mass is 32.2. The number of amides is 2. The van der Waals surface area contributed by atoms with E-state index in [1.807, 2.05) is 30.3 Å². The second kappa shape index (κ2) is 13.0. The molecule has 1 aliphatic heterocycles. The van der Waals surface area contributed by atoms with Gasteiger partial charge in [0.05, 0.1) is 18.8 Å². The van der Waals surface area contributed by atoms with Crippen molar-refractivity contribution >= 4 is 53.2 Å². The molecule has 3 rings (SSSR count). The van der Waals surface area contributed by atoms with E-state index in [-0.39, 0.29) is 29.5 Å². The van der Waals surface area contributed by atoms with Crippen molar-refractivity contribution in [1.82, 2.24) is 20.6 Å². The molecule has 1 saturated heterocycles. The lowest BCUT2D eigenvalue weighted by atomic mass is 9.94. The van der Waals surface area contributed by atoms with Gasteiger partial charge in [-0.3, -0.25) is 19.4 Å². The molecule has 1 aromatic carbocycles. The molecule has 1 aromatic heterocycles. The molecular formula is C25H31N5O5S2. The Morgan fingerprint density at radius 2 is 1.86 bits per heavy atom. The molecule has 3 unspecified atom stereocenters. The summed E-state index contributed by atoms with van der Waals surface area (Å²) in [5, 5.41) is 8.39. The number of benzene rings is 1. The van der Waals surface area contributed by atoms with Gasteiger partial charge in [0.2, 0.25) is 5.91 Å². The molecule has 2 heterocycles. The van der Waals surface area contributed by atoms with Crippen LogP contribution in [0.3, 0.4) is 0 Å². The van der Waals surface area contributed by atoms with Crippen molar-refractivity contribution in [3.8, 4) is 0 Å². The van der Waals surface area contributed by atoms with Crippen molar-refractivity contribution in [2.75, 3.05) is 35.9 Å². The van der Waals surface area contributed by atoms with Crippen molar-refractivity contribution in [1.29, 1.82) is 0 Å². The van der Waals surface area contributed by atoms with Crippen LogP contribution < -0.4 is 16.0 Å². The largest absolute Gasteiger partial charge is 0.361 e. The van der Waals surface area contributed by atoms with Crippen molar-refractivity contribution in [2.45, 2.75) is 36.6 Å². The van der Waals surface area contributed by atoms with Crippen LogP contribution in [0.4, 0.5) is 5.82 Å². The molecule has 4 atom stereocenters. The van der Waals surface area contributed by atoms with Gasteiger partial charge in [0.25, 0.3) is 5.91 Å². The standard InChI is InChI=1S/C25H31N5O5S2/c1-24(15-35-24)21(32)18(11-17-7-5-4-6-8-17)28-22(33)19(13-36-2)29-23(34)25(14-31,16-37-3)30-20-12-26-9-10-27-20/h4-10,12,14,18-19H,11,13,15-16H2,1-3H3,(H,27,30)(H,28,33)(H,29,34)/t18?,19?,24?,25-/m0/s1. The average Bonchev–Trinajstić information content (AvgIpc) is 3.66. The number of thioether (sulfide) groups is 2. The molecule has 198 valence electrons. The second-order valence-corrected chi connectivity index (χ2v) is 10.6. The first-order valence-corrected chi connectivity index (χ1v) is 14.4. The van der Waals surface area contributed by atoms with E-state index in [0.717, 1.165) is 5.56 Å². The number of aldehydes is 1. The van der Waals surface area contributed by atoms with Crippen LogP contribution in [0.15, 0.2) is 48.9 Å². The van der Waals surface area contributed by atoms with Gasteiger partial charge < -0.3 is 25.5 Å². The Morgan fingerprint density at radius 1 is 1.14 bits per heavy atom. The van der Waals surface area contributed by atoms with Gasteiger partial charge in [0.1, 0.15) is 17.5 Å². The number of Topliss-reactive ketones (excluding diaryl/α,β-unsaturated/α-hetero) is 1. The Morgan fingerprint density at radius 3 is 2.43 bits per heavy atom.